The van der Waals surface area contributed by atoms with Gasteiger partial charge in [-0.05, 0) is 62.3 Å². The van der Waals surface area contributed by atoms with Crippen LogP contribution in [0.15, 0.2) is 42.5 Å². The van der Waals surface area contributed by atoms with Gasteiger partial charge in [-0.1, -0.05) is 49.1 Å². The molecule has 0 aromatic heterocycles. The highest BCUT2D eigenvalue weighted by Gasteiger charge is 2.44. The Morgan fingerprint density at radius 3 is 2.50 bits per heavy atom. The number of nitriles is 1. The molecule has 1 unspecified atom stereocenters. The second-order valence-electron chi connectivity index (χ2n) is 8.57. The number of hydrogen-bond donors (Lipinski definition) is 2. The fraction of sp³-hybridized carbons (Fsp3) is 0.440. The lowest BCUT2D eigenvalue weighted by Crippen LogP contribution is -2.50. The zero-order valence-corrected chi connectivity index (χ0v) is 18.0. The second kappa shape index (κ2) is 9.74. The third-order valence-corrected chi connectivity index (χ3v) is 6.25. The van der Waals surface area contributed by atoms with Crippen LogP contribution in [0.25, 0.3) is 0 Å². The summed E-state index contributed by atoms with van der Waals surface area (Å²) in [6.07, 6.45) is 0.156. The van der Waals surface area contributed by atoms with Crippen LogP contribution < -0.4 is 5.32 Å². The smallest absolute Gasteiger partial charge is 0.380 e. The normalized spacial score (nSPS) is 16.8. The van der Waals surface area contributed by atoms with Crippen molar-refractivity contribution >= 4 is 11.6 Å². The van der Waals surface area contributed by atoms with Crippen molar-refractivity contribution in [1.29, 1.82) is 5.26 Å². The number of aliphatic hydroxyl groups is 1. The summed E-state index contributed by atoms with van der Waals surface area (Å²) in [4.78, 5) is 13.2. The lowest BCUT2D eigenvalue weighted by molar-refractivity contribution is -0.143. The fourth-order valence-corrected chi connectivity index (χ4v) is 4.48. The minimum atomic E-state index is -4.73. The van der Waals surface area contributed by atoms with Crippen LogP contribution in [0.2, 0.25) is 0 Å². The highest BCUT2D eigenvalue weighted by atomic mass is 19.4. The third-order valence-electron chi connectivity index (χ3n) is 6.25. The number of amides is 1. The van der Waals surface area contributed by atoms with E-state index in [1.165, 1.54) is 12.1 Å². The molecular weight excluding hydrogens is 417 g/mol. The number of rotatable bonds is 6. The maximum Gasteiger partial charge on any atom is 0.417 e. The second-order valence-corrected chi connectivity index (χ2v) is 8.57. The minimum absolute atomic E-state index is 0.0916. The molecule has 1 atom stereocenters. The number of halogens is 3. The Balaban J connectivity index is 1.86. The number of anilines is 1. The molecule has 7 heteroatoms. The van der Waals surface area contributed by atoms with Gasteiger partial charge in [0.1, 0.15) is 5.60 Å². The molecule has 0 radical (unpaired) electrons. The summed E-state index contributed by atoms with van der Waals surface area (Å²) < 4.78 is 39.9. The molecule has 32 heavy (non-hydrogen) atoms. The summed E-state index contributed by atoms with van der Waals surface area (Å²) >= 11 is 0. The summed E-state index contributed by atoms with van der Waals surface area (Å²) in [7, 11) is 0. The van der Waals surface area contributed by atoms with Crippen molar-refractivity contribution in [3.8, 4) is 6.07 Å². The molecule has 0 bridgehead atoms. The van der Waals surface area contributed by atoms with Crippen molar-refractivity contribution in [2.45, 2.75) is 63.6 Å². The van der Waals surface area contributed by atoms with Crippen LogP contribution in [0.1, 0.15) is 60.8 Å². The summed E-state index contributed by atoms with van der Waals surface area (Å²) in [5, 5.41) is 23.0. The van der Waals surface area contributed by atoms with Gasteiger partial charge in [-0.25, -0.2) is 0 Å². The van der Waals surface area contributed by atoms with Crippen molar-refractivity contribution in [1.82, 2.24) is 0 Å². The van der Waals surface area contributed by atoms with Gasteiger partial charge in [0, 0.05) is 5.69 Å². The first-order chi connectivity index (χ1) is 15.1. The average molecular weight is 444 g/mol. The van der Waals surface area contributed by atoms with Crippen LogP contribution >= 0.6 is 0 Å². The molecule has 2 N–H and O–H groups in total. The molecule has 0 spiro atoms. The topological polar surface area (TPSA) is 73.1 Å². The van der Waals surface area contributed by atoms with Crippen molar-refractivity contribution in [3.63, 3.8) is 0 Å². The summed E-state index contributed by atoms with van der Waals surface area (Å²) in [5.41, 5.74) is -1.35. The molecule has 3 rings (SSSR count). The Morgan fingerprint density at radius 2 is 1.88 bits per heavy atom. The zero-order chi connectivity index (χ0) is 23.4. The maximum absolute atomic E-state index is 13.3. The number of nitrogens with one attached hydrogen (secondary N) is 1. The first-order valence-corrected chi connectivity index (χ1v) is 10.8. The Hall–Kier alpha value is -2.85. The number of benzene rings is 2. The third kappa shape index (κ3) is 5.49. The lowest BCUT2D eigenvalue weighted by Gasteiger charge is -2.37. The molecule has 2 aromatic carbocycles. The van der Waals surface area contributed by atoms with E-state index in [0.717, 1.165) is 42.5 Å². The first kappa shape index (κ1) is 23.8. The first-order valence-electron chi connectivity index (χ1n) is 10.8. The van der Waals surface area contributed by atoms with E-state index in [1.807, 2.05) is 31.2 Å². The SMILES string of the molecule is Cc1cccc(CCC(O)(C(=O)Nc2ccc(C#N)c(C(F)(F)F)c2)C2CCCCC2)c1. The highest BCUT2D eigenvalue weighted by Crippen LogP contribution is 2.38. The van der Waals surface area contributed by atoms with E-state index < -0.39 is 28.8 Å². The average Bonchev–Trinajstić information content (AvgIpc) is 2.77. The number of carbonyl (C=O) groups excluding carboxylic acids is 1. The molecule has 0 heterocycles. The molecule has 1 aliphatic carbocycles. The fourth-order valence-electron chi connectivity index (χ4n) is 4.48. The van der Waals surface area contributed by atoms with Crippen LogP contribution in [0.3, 0.4) is 0 Å². The Kier molecular flexibility index (Phi) is 7.25. The van der Waals surface area contributed by atoms with Gasteiger partial charge in [0.2, 0.25) is 0 Å². The van der Waals surface area contributed by atoms with Gasteiger partial charge in [0.05, 0.1) is 17.2 Å². The van der Waals surface area contributed by atoms with E-state index in [1.54, 1.807) is 0 Å². The van der Waals surface area contributed by atoms with Crippen LogP contribution in [0, 0.1) is 24.2 Å². The standard InChI is InChI=1S/C25H27F3N2O2/c1-17-6-5-7-18(14-17)12-13-24(32,20-8-3-2-4-9-20)23(31)30-21-11-10-19(16-29)22(15-21)25(26,27)28/h5-7,10-11,14-15,20,32H,2-4,8-9,12-13H2,1H3,(H,30,31). The van der Waals surface area contributed by atoms with Crippen LogP contribution in [-0.2, 0) is 17.4 Å². The molecule has 0 saturated heterocycles. The van der Waals surface area contributed by atoms with Gasteiger partial charge in [-0.2, -0.15) is 18.4 Å². The molecule has 1 fully saturated rings. The van der Waals surface area contributed by atoms with E-state index in [-0.39, 0.29) is 18.0 Å². The van der Waals surface area contributed by atoms with E-state index in [0.29, 0.717) is 19.3 Å². The van der Waals surface area contributed by atoms with Gasteiger partial charge in [0.15, 0.2) is 0 Å². The number of carbonyl (C=O) groups is 1. The van der Waals surface area contributed by atoms with E-state index in [9.17, 15) is 23.1 Å². The van der Waals surface area contributed by atoms with Crippen molar-refractivity contribution < 1.29 is 23.1 Å². The van der Waals surface area contributed by atoms with Gasteiger partial charge < -0.3 is 10.4 Å². The van der Waals surface area contributed by atoms with Crippen LogP contribution in [-0.4, -0.2) is 16.6 Å². The number of nitrogens with zero attached hydrogens (tertiary/aromatic N) is 1. The molecule has 4 nitrogen and oxygen atoms in total. The summed E-state index contributed by atoms with van der Waals surface area (Å²) in [6.45, 7) is 1.96. The highest BCUT2D eigenvalue weighted by molar-refractivity contribution is 5.97. The molecule has 170 valence electrons. The van der Waals surface area contributed by atoms with E-state index >= 15 is 0 Å². The predicted octanol–water partition coefficient (Wildman–Crippen LogP) is 5.77. The monoisotopic (exact) mass is 444 g/mol. The Bertz CT molecular complexity index is 1010. The van der Waals surface area contributed by atoms with Crippen molar-refractivity contribution in [2.75, 3.05) is 5.32 Å². The molecule has 1 amide bonds. The Labute approximate surface area is 186 Å². The van der Waals surface area contributed by atoms with E-state index in [4.69, 9.17) is 5.26 Å². The maximum atomic E-state index is 13.3. The van der Waals surface area contributed by atoms with Gasteiger partial charge >= 0.3 is 6.18 Å². The molecule has 0 aliphatic heterocycles. The number of hydrogen-bond acceptors (Lipinski definition) is 3. The van der Waals surface area contributed by atoms with Crippen molar-refractivity contribution in [3.05, 3.63) is 64.7 Å². The Morgan fingerprint density at radius 1 is 1.16 bits per heavy atom. The van der Waals surface area contributed by atoms with E-state index in [2.05, 4.69) is 5.32 Å². The van der Waals surface area contributed by atoms with Gasteiger partial charge in [-0.3, -0.25) is 4.79 Å². The summed E-state index contributed by atoms with van der Waals surface area (Å²) in [6, 6.07) is 12.4. The molecule has 2 aromatic rings. The predicted molar refractivity (Wildman–Crippen MR) is 116 cm³/mol. The molecule has 1 saturated carbocycles. The largest absolute Gasteiger partial charge is 0.417 e. The number of alkyl halides is 3. The molecular formula is C25H27F3N2O2. The molecule has 1 aliphatic rings. The lowest BCUT2D eigenvalue weighted by atomic mass is 9.73. The van der Waals surface area contributed by atoms with Gasteiger partial charge in [-0.15, -0.1) is 0 Å². The quantitative estimate of drug-likeness (QED) is 0.594. The number of aryl methyl sites for hydroxylation is 2. The van der Waals surface area contributed by atoms with Crippen molar-refractivity contribution in [2.24, 2.45) is 5.92 Å². The van der Waals surface area contributed by atoms with Crippen LogP contribution in [0.4, 0.5) is 18.9 Å². The minimum Gasteiger partial charge on any atom is -0.380 e. The van der Waals surface area contributed by atoms with Crippen LogP contribution in [0.5, 0.6) is 0 Å². The summed E-state index contributed by atoms with van der Waals surface area (Å²) in [5.74, 6) is -0.962. The van der Waals surface area contributed by atoms with Gasteiger partial charge in [0.25, 0.3) is 5.91 Å². The zero-order valence-electron chi connectivity index (χ0n) is 18.0.